The van der Waals surface area contributed by atoms with Crippen molar-refractivity contribution >= 4 is 5.97 Å². The molecule has 0 bridgehead atoms. The number of benzene rings is 1. The van der Waals surface area contributed by atoms with Crippen LogP contribution >= 0.6 is 0 Å². The van der Waals surface area contributed by atoms with Gasteiger partial charge < -0.3 is 10.8 Å². The summed E-state index contributed by atoms with van der Waals surface area (Å²) in [4.78, 5) is 9.24. The molecule has 0 aromatic heterocycles. The lowest BCUT2D eigenvalue weighted by molar-refractivity contribution is -0.138. The number of carbonyl (C=O) groups is 1. The molecule has 0 spiro atoms. The Kier molecular flexibility index (Phi) is 2.99. The summed E-state index contributed by atoms with van der Waals surface area (Å²) in [6, 6.07) is 4.32. The van der Waals surface area contributed by atoms with E-state index < -0.39 is 17.7 Å². The van der Waals surface area contributed by atoms with Crippen molar-refractivity contribution in [2.75, 3.05) is 6.54 Å². The molecule has 15 heavy (non-hydrogen) atoms. The Hall–Kier alpha value is -1.56. The highest BCUT2D eigenvalue weighted by molar-refractivity contribution is 5.81. The van der Waals surface area contributed by atoms with Crippen LogP contribution < -0.4 is 5.73 Å². The summed E-state index contributed by atoms with van der Waals surface area (Å²) >= 11 is 0. The predicted molar refractivity (Wildman–Crippen MR) is 47.1 cm³/mol. The number of fused-ring (bicyclic) bond motifs is 1. The standard InChI is InChI=1S/C7H3F3.C2H5NO2/c8-7(9,10)6-3-4-1-2-5(4)6;3-1-2(4)5/h1-3H;1,3H2,(H,4,5). The predicted octanol–water partition coefficient (Wildman–Crippen LogP) is 1.72. The Labute approximate surface area is 83.3 Å². The van der Waals surface area contributed by atoms with Gasteiger partial charge in [-0.1, -0.05) is 12.1 Å². The molecule has 3 N–H and O–H groups in total. The van der Waals surface area contributed by atoms with E-state index in [0.29, 0.717) is 5.56 Å². The summed E-state index contributed by atoms with van der Waals surface area (Å²) in [5.41, 5.74) is 5.19. The van der Waals surface area contributed by atoms with Crippen LogP contribution in [0, 0.1) is 0 Å². The van der Waals surface area contributed by atoms with Gasteiger partial charge in [-0.25, -0.2) is 0 Å². The van der Waals surface area contributed by atoms with Crippen LogP contribution in [0.15, 0.2) is 18.2 Å². The zero-order valence-corrected chi connectivity index (χ0v) is 7.51. The monoisotopic (exact) mass is 219 g/mol. The molecular weight excluding hydrogens is 211 g/mol. The lowest BCUT2D eigenvalue weighted by atomic mass is 9.86. The van der Waals surface area contributed by atoms with Crippen molar-refractivity contribution in [1.29, 1.82) is 0 Å². The van der Waals surface area contributed by atoms with E-state index in [1.807, 2.05) is 0 Å². The number of halogens is 3. The van der Waals surface area contributed by atoms with E-state index in [1.54, 1.807) is 6.07 Å². The van der Waals surface area contributed by atoms with Gasteiger partial charge in [0.25, 0.3) is 0 Å². The van der Waals surface area contributed by atoms with Gasteiger partial charge in [0.05, 0.1) is 12.1 Å². The van der Waals surface area contributed by atoms with Crippen LogP contribution in [0.5, 0.6) is 0 Å². The molecule has 0 aromatic rings. The quantitative estimate of drug-likeness (QED) is 0.767. The molecule has 2 aliphatic rings. The van der Waals surface area contributed by atoms with E-state index in [4.69, 9.17) is 5.11 Å². The maximum Gasteiger partial charge on any atom is 0.417 e. The minimum atomic E-state index is -4.15. The first-order valence-corrected chi connectivity index (χ1v) is 3.99. The third kappa shape index (κ3) is 2.47. The number of hydrogen-bond donors (Lipinski definition) is 2. The summed E-state index contributed by atoms with van der Waals surface area (Å²) in [6.07, 6.45) is -4.15. The van der Waals surface area contributed by atoms with Crippen molar-refractivity contribution in [3.05, 3.63) is 23.8 Å². The maximum absolute atomic E-state index is 11.8. The zero-order chi connectivity index (χ0) is 11.6. The second kappa shape index (κ2) is 3.90. The Morgan fingerprint density at radius 2 is 1.93 bits per heavy atom. The number of hydrogen-bond acceptors (Lipinski definition) is 2. The lowest BCUT2D eigenvalue weighted by Crippen LogP contribution is -2.12. The van der Waals surface area contributed by atoms with Gasteiger partial charge in [-0.3, -0.25) is 4.79 Å². The van der Waals surface area contributed by atoms with Crippen LogP contribution in [0.1, 0.15) is 5.56 Å². The molecule has 0 radical (unpaired) electrons. The Balaban J connectivity index is 0.000000195. The van der Waals surface area contributed by atoms with Gasteiger partial charge in [-0.2, -0.15) is 13.2 Å². The van der Waals surface area contributed by atoms with E-state index in [1.165, 1.54) is 6.07 Å². The molecule has 82 valence electrons. The van der Waals surface area contributed by atoms with Gasteiger partial charge in [-0.15, -0.1) is 0 Å². The third-order valence-corrected chi connectivity index (χ3v) is 1.81. The largest absolute Gasteiger partial charge is 0.480 e. The third-order valence-electron chi connectivity index (χ3n) is 1.81. The average Bonchev–Trinajstić information content (AvgIpc) is 2.09. The van der Waals surface area contributed by atoms with Crippen molar-refractivity contribution in [3.63, 3.8) is 0 Å². The summed E-state index contributed by atoms with van der Waals surface area (Å²) in [5.74, 6) is -0.968. The second-order valence-corrected chi connectivity index (χ2v) is 2.86. The molecule has 0 aromatic carbocycles. The molecule has 2 rings (SSSR count). The van der Waals surface area contributed by atoms with Crippen LogP contribution in [0.25, 0.3) is 11.1 Å². The van der Waals surface area contributed by atoms with E-state index in [9.17, 15) is 18.0 Å². The van der Waals surface area contributed by atoms with Crippen molar-refractivity contribution in [1.82, 2.24) is 0 Å². The fourth-order valence-electron chi connectivity index (χ4n) is 1.02. The first kappa shape index (κ1) is 11.5. The number of alkyl halides is 3. The molecule has 0 amide bonds. The van der Waals surface area contributed by atoms with Gasteiger partial charge in [0.15, 0.2) is 0 Å². The molecule has 0 unspecified atom stereocenters. The minimum Gasteiger partial charge on any atom is -0.480 e. The summed E-state index contributed by atoms with van der Waals surface area (Å²) in [6.45, 7) is -0.278. The summed E-state index contributed by atoms with van der Waals surface area (Å²) in [7, 11) is 0. The molecule has 0 saturated heterocycles. The van der Waals surface area contributed by atoms with Gasteiger partial charge in [0, 0.05) is 0 Å². The molecule has 0 fully saturated rings. The normalized spacial score (nSPS) is 11.5. The fourth-order valence-corrected chi connectivity index (χ4v) is 1.02. The highest BCUT2D eigenvalue weighted by atomic mass is 19.4. The topological polar surface area (TPSA) is 63.3 Å². The molecule has 0 aliphatic heterocycles. The average molecular weight is 219 g/mol. The minimum absolute atomic E-state index is 0.278. The molecular formula is C9H8F3NO2. The number of carboxylic acid groups (broad SMARTS) is 1. The smallest absolute Gasteiger partial charge is 0.417 e. The Morgan fingerprint density at radius 1 is 1.40 bits per heavy atom. The van der Waals surface area contributed by atoms with Crippen molar-refractivity contribution < 1.29 is 23.1 Å². The number of nitrogens with two attached hydrogens (primary N) is 1. The number of rotatable bonds is 1. The Bertz CT molecular complexity index is 387. The van der Waals surface area contributed by atoms with E-state index in [2.05, 4.69) is 5.73 Å². The number of carboxylic acids is 1. The highest BCUT2D eigenvalue weighted by Gasteiger charge is 2.38. The second-order valence-electron chi connectivity index (χ2n) is 2.86. The van der Waals surface area contributed by atoms with Gasteiger partial charge in [0.1, 0.15) is 0 Å². The zero-order valence-electron chi connectivity index (χ0n) is 7.51. The Morgan fingerprint density at radius 3 is 2.00 bits per heavy atom. The molecule has 3 nitrogen and oxygen atoms in total. The summed E-state index contributed by atoms with van der Waals surface area (Å²) < 4.78 is 35.5. The van der Waals surface area contributed by atoms with E-state index in [0.717, 1.165) is 11.6 Å². The van der Waals surface area contributed by atoms with Gasteiger partial charge in [-0.05, 0) is 17.2 Å². The SMILES string of the molecule is FC(F)(F)c1cc2ccc1-2.NCC(=O)O. The van der Waals surface area contributed by atoms with Crippen LogP contribution in [-0.4, -0.2) is 17.6 Å². The van der Waals surface area contributed by atoms with Crippen LogP contribution in [-0.2, 0) is 11.0 Å². The van der Waals surface area contributed by atoms with Gasteiger partial charge in [0.2, 0.25) is 0 Å². The van der Waals surface area contributed by atoms with Gasteiger partial charge >= 0.3 is 12.1 Å². The van der Waals surface area contributed by atoms with Crippen LogP contribution in [0.2, 0.25) is 0 Å². The van der Waals surface area contributed by atoms with E-state index >= 15 is 0 Å². The van der Waals surface area contributed by atoms with Crippen molar-refractivity contribution in [2.45, 2.75) is 6.18 Å². The molecule has 6 heteroatoms. The first-order chi connectivity index (χ1) is 6.86. The van der Waals surface area contributed by atoms with Crippen molar-refractivity contribution in [3.8, 4) is 11.1 Å². The summed E-state index contributed by atoms with van der Waals surface area (Å²) in [5, 5.41) is 7.60. The maximum atomic E-state index is 11.8. The fraction of sp³-hybridized carbons (Fsp3) is 0.222. The molecule has 2 aliphatic carbocycles. The molecule has 0 atom stereocenters. The van der Waals surface area contributed by atoms with Crippen LogP contribution in [0.4, 0.5) is 13.2 Å². The molecule has 0 saturated carbocycles. The first-order valence-electron chi connectivity index (χ1n) is 3.99. The van der Waals surface area contributed by atoms with Crippen molar-refractivity contribution in [2.24, 2.45) is 5.73 Å². The highest BCUT2D eigenvalue weighted by Crippen LogP contribution is 2.45. The van der Waals surface area contributed by atoms with E-state index in [-0.39, 0.29) is 6.54 Å². The lowest BCUT2D eigenvalue weighted by Gasteiger charge is -2.22. The number of aliphatic carboxylic acids is 1. The molecule has 0 heterocycles. The van der Waals surface area contributed by atoms with Crippen LogP contribution in [0.3, 0.4) is 0 Å².